The Hall–Kier alpha value is -2.34. The number of carbonyl (C=O) groups is 2. The summed E-state index contributed by atoms with van der Waals surface area (Å²) in [7, 11) is 1.56. The predicted molar refractivity (Wildman–Crippen MR) is 80.5 cm³/mol. The van der Waals surface area contributed by atoms with E-state index >= 15 is 0 Å². The molecule has 0 aliphatic carbocycles. The van der Waals surface area contributed by atoms with Crippen LogP contribution in [0.4, 0.5) is 0 Å². The molecule has 116 valence electrons. The van der Waals surface area contributed by atoms with E-state index in [1.807, 2.05) is 0 Å². The lowest BCUT2D eigenvalue weighted by Gasteiger charge is -2.14. The Morgan fingerprint density at radius 2 is 2.00 bits per heavy atom. The van der Waals surface area contributed by atoms with Gasteiger partial charge in [0.2, 0.25) is 11.8 Å². The number of carbonyl (C=O) groups excluding carboxylic acids is 1. The molecular formula is C15H15ClN2O4. The molecule has 2 aromatic rings. The molecule has 0 atom stereocenters. The number of nitrogens with zero attached hydrogens (tertiary/aromatic N) is 2. The van der Waals surface area contributed by atoms with Crippen LogP contribution in [0.2, 0.25) is 5.02 Å². The van der Waals surface area contributed by atoms with Gasteiger partial charge in [-0.1, -0.05) is 11.6 Å². The number of hydrogen-bond donors (Lipinski definition) is 1. The van der Waals surface area contributed by atoms with Gasteiger partial charge in [-0.05, 0) is 24.3 Å². The number of hydrogen-bond acceptors (Lipinski definition) is 4. The Kier molecular flexibility index (Phi) is 5.16. The highest BCUT2D eigenvalue weighted by atomic mass is 35.5. The molecule has 0 aliphatic heterocycles. The number of halogens is 1. The first-order valence-electron chi connectivity index (χ1n) is 6.62. The molecule has 1 heterocycles. The summed E-state index contributed by atoms with van der Waals surface area (Å²) in [4.78, 5) is 28.1. The minimum absolute atomic E-state index is 0.0627. The number of carboxylic acid groups (broad SMARTS) is 1. The van der Waals surface area contributed by atoms with Crippen molar-refractivity contribution in [1.29, 1.82) is 0 Å². The van der Waals surface area contributed by atoms with E-state index in [0.29, 0.717) is 16.6 Å². The summed E-state index contributed by atoms with van der Waals surface area (Å²) < 4.78 is 5.35. The number of benzene rings is 1. The van der Waals surface area contributed by atoms with Crippen LogP contribution in [0.15, 0.2) is 34.9 Å². The van der Waals surface area contributed by atoms with Gasteiger partial charge in [-0.15, -0.1) is 0 Å². The average Bonchev–Trinajstić information content (AvgIpc) is 2.93. The summed E-state index contributed by atoms with van der Waals surface area (Å²) in [5.74, 6) is -0.740. The molecule has 0 spiro atoms. The van der Waals surface area contributed by atoms with Gasteiger partial charge in [-0.2, -0.15) is 0 Å². The average molecular weight is 323 g/mol. The van der Waals surface area contributed by atoms with Crippen LogP contribution in [-0.2, 0) is 16.0 Å². The van der Waals surface area contributed by atoms with Crippen LogP contribution in [0.5, 0.6) is 0 Å². The maximum atomic E-state index is 11.9. The van der Waals surface area contributed by atoms with Gasteiger partial charge < -0.3 is 14.4 Å². The fraction of sp³-hybridized carbons (Fsp3) is 0.267. The normalized spacial score (nSPS) is 10.5. The second kappa shape index (κ2) is 7.09. The molecule has 0 aliphatic rings. The first-order valence-corrected chi connectivity index (χ1v) is 6.99. The maximum absolute atomic E-state index is 11.9. The number of likely N-dealkylation sites (N-methyl/N-ethyl adjacent to an activating group) is 1. The molecule has 1 N–H and O–H groups in total. The van der Waals surface area contributed by atoms with Crippen molar-refractivity contribution in [3.05, 3.63) is 41.2 Å². The van der Waals surface area contributed by atoms with Crippen molar-refractivity contribution in [2.24, 2.45) is 0 Å². The largest absolute Gasteiger partial charge is 0.481 e. The zero-order valence-corrected chi connectivity index (χ0v) is 12.7. The van der Waals surface area contributed by atoms with Gasteiger partial charge in [0.05, 0.1) is 18.5 Å². The Morgan fingerprint density at radius 1 is 1.32 bits per heavy atom. The molecule has 2 rings (SSSR count). The van der Waals surface area contributed by atoms with Crippen LogP contribution >= 0.6 is 11.6 Å². The van der Waals surface area contributed by atoms with E-state index in [1.54, 1.807) is 31.3 Å². The summed E-state index contributed by atoms with van der Waals surface area (Å²) >= 11 is 5.82. The highest BCUT2D eigenvalue weighted by molar-refractivity contribution is 6.30. The number of aliphatic carboxylic acids is 1. The second-order valence-corrected chi connectivity index (χ2v) is 5.22. The van der Waals surface area contributed by atoms with Crippen molar-refractivity contribution in [3.63, 3.8) is 0 Å². The standard InChI is InChI=1S/C15H15ClN2O4/c1-18(7-6-14(20)21)13(19)8-12-9-22-15(17-12)10-2-4-11(16)5-3-10/h2-5,9H,6-8H2,1H3,(H,20,21). The summed E-state index contributed by atoms with van der Waals surface area (Å²) in [5, 5.41) is 9.22. The van der Waals surface area contributed by atoms with E-state index < -0.39 is 5.97 Å². The lowest BCUT2D eigenvalue weighted by atomic mass is 10.2. The Morgan fingerprint density at radius 3 is 2.64 bits per heavy atom. The Balaban J connectivity index is 1.98. The van der Waals surface area contributed by atoms with E-state index in [2.05, 4.69) is 4.98 Å². The SMILES string of the molecule is CN(CCC(=O)O)C(=O)Cc1coc(-c2ccc(Cl)cc2)n1. The molecule has 7 heteroatoms. The molecule has 6 nitrogen and oxygen atoms in total. The molecule has 0 radical (unpaired) electrons. The van der Waals surface area contributed by atoms with Crippen molar-refractivity contribution in [3.8, 4) is 11.5 Å². The van der Waals surface area contributed by atoms with Gasteiger partial charge in [-0.3, -0.25) is 9.59 Å². The molecular weight excluding hydrogens is 308 g/mol. The predicted octanol–water partition coefficient (Wildman–Crippen LogP) is 2.47. The zero-order chi connectivity index (χ0) is 16.1. The minimum atomic E-state index is -0.939. The van der Waals surface area contributed by atoms with Crippen molar-refractivity contribution in [1.82, 2.24) is 9.88 Å². The molecule has 22 heavy (non-hydrogen) atoms. The van der Waals surface area contributed by atoms with E-state index in [1.165, 1.54) is 11.2 Å². The van der Waals surface area contributed by atoms with E-state index in [-0.39, 0.29) is 25.3 Å². The van der Waals surface area contributed by atoms with E-state index in [0.717, 1.165) is 5.56 Å². The lowest BCUT2D eigenvalue weighted by molar-refractivity contribution is -0.138. The quantitative estimate of drug-likeness (QED) is 0.883. The molecule has 1 amide bonds. The number of rotatable bonds is 6. The third-order valence-corrected chi connectivity index (χ3v) is 3.31. The second-order valence-electron chi connectivity index (χ2n) is 4.79. The van der Waals surface area contributed by atoms with E-state index in [9.17, 15) is 9.59 Å². The van der Waals surface area contributed by atoms with E-state index in [4.69, 9.17) is 21.1 Å². The van der Waals surface area contributed by atoms with Crippen LogP contribution in [0.1, 0.15) is 12.1 Å². The number of oxazole rings is 1. The highest BCUT2D eigenvalue weighted by Gasteiger charge is 2.14. The monoisotopic (exact) mass is 322 g/mol. The van der Waals surface area contributed by atoms with Gasteiger partial charge in [0, 0.05) is 24.2 Å². The van der Waals surface area contributed by atoms with Crippen molar-refractivity contribution in [2.75, 3.05) is 13.6 Å². The smallest absolute Gasteiger partial charge is 0.305 e. The third-order valence-electron chi connectivity index (χ3n) is 3.06. The first kappa shape index (κ1) is 16.0. The van der Waals surface area contributed by atoms with Gasteiger partial charge in [-0.25, -0.2) is 4.98 Å². The fourth-order valence-electron chi connectivity index (χ4n) is 1.79. The van der Waals surface area contributed by atoms with Gasteiger partial charge in [0.1, 0.15) is 6.26 Å². The summed E-state index contributed by atoms with van der Waals surface area (Å²) in [6.45, 7) is 0.163. The zero-order valence-electron chi connectivity index (χ0n) is 12.0. The molecule has 0 saturated carbocycles. The van der Waals surface area contributed by atoms with Crippen LogP contribution in [0.3, 0.4) is 0 Å². The summed E-state index contributed by atoms with van der Waals surface area (Å²) in [6, 6.07) is 7.01. The van der Waals surface area contributed by atoms with Crippen LogP contribution < -0.4 is 0 Å². The topological polar surface area (TPSA) is 83.6 Å². The molecule has 0 fully saturated rings. The van der Waals surface area contributed by atoms with Gasteiger partial charge in [0.25, 0.3) is 0 Å². The highest BCUT2D eigenvalue weighted by Crippen LogP contribution is 2.21. The maximum Gasteiger partial charge on any atom is 0.305 e. The number of carboxylic acids is 1. The minimum Gasteiger partial charge on any atom is -0.481 e. The summed E-state index contributed by atoms with van der Waals surface area (Å²) in [5.41, 5.74) is 1.26. The number of amides is 1. The number of aromatic nitrogens is 1. The van der Waals surface area contributed by atoms with Crippen molar-refractivity contribution < 1.29 is 19.1 Å². The van der Waals surface area contributed by atoms with Gasteiger partial charge in [0.15, 0.2) is 0 Å². The third kappa shape index (κ3) is 4.33. The molecule has 0 saturated heterocycles. The molecule has 0 bridgehead atoms. The molecule has 1 aromatic heterocycles. The Bertz CT molecular complexity index is 666. The van der Waals surface area contributed by atoms with Gasteiger partial charge >= 0.3 is 5.97 Å². The van der Waals surface area contributed by atoms with Crippen LogP contribution in [-0.4, -0.2) is 40.5 Å². The Labute approximate surface area is 132 Å². The van der Waals surface area contributed by atoms with Crippen LogP contribution in [0.25, 0.3) is 11.5 Å². The fourth-order valence-corrected chi connectivity index (χ4v) is 1.92. The van der Waals surface area contributed by atoms with Crippen LogP contribution in [0, 0.1) is 0 Å². The first-order chi connectivity index (χ1) is 10.5. The van der Waals surface area contributed by atoms with Crippen molar-refractivity contribution in [2.45, 2.75) is 12.8 Å². The van der Waals surface area contributed by atoms with Crippen molar-refractivity contribution >= 4 is 23.5 Å². The molecule has 0 unspecified atom stereocenters. The lowest BCUT2D eigenvalue weighted by Crippen LogP contribution is -2.30. The molecule has 1 aromatic carbocycles. The summed E-state index contributed by atoms with van der Waals surface area (Å²) in [6.07, 6.45) is 1.40.